The number of aromatic nitrogens is 12. The van der Waals surface area contributed by atoms with Crippen molar-refractivity contribution in [2.45, 2.75) is 73.5 Å². The number of anilines is 3. The van der Waals surface area contributed by atoms with Crippen molar-refractivity contribution in [3.8, 4) is 0 Å². The van der Waals surface area contributed by atoms with Crippen LogP contribution >= 0.6 is 38.4 Å². The van der Waals surface area contributed by atoms with Crippen LogP contribution in [0.3, 0.4) is 0 Å². The number of nitrogens with zero attached hydrogens (tertiary/aromatic N) is 10. The lowest BCUT2D eigenvalue weighted by Gasteiger charge is -2.35. The maximum absolute atomic E-state index is 14.3. The van der Waals surface area contributed by atoms with E-state index in [0.717, 1.165) is 35.2 Å². The van der Waals surface area contributed by atoms with Crippen LogP contribution < -0.4 is 37.8 Å². The molecule has 6 aromatic heterocycles. The number of ether oxygens (including phenoxy) is 5. The van der Waals surface area contributed by atoms with E-state index in [1.54, 1.807) is 0 Å². The molecule has 40 nitrogen and oxygen atoms in total. The van der Waals surface area contributed by atoms with Crippen molar-refractivity contribution < 1.29 is 113 Å². The number of hydrogen-bond acceptors (Lipinski definition) is 30. The zero-order valence-corrected chi connectivity index (χ0v) is 46.4. The summed E-state index contributed by atoms with van der Waals surface area (Å²) in [4.78, 5) is 110. The van der Waals surface area contributed by atoms with Crippen molar-refractivity contribution in [3.63, 3.8) is 0 Å². The number of methoxy groups -OCH3 is 2. The SMILES string of the molecule is COCC[C@H]1[C@@H](O)[C@H]([n+]2cn(C)c3c(=O)[nH]c(N)nc32)O[C@@H]1COP(=O)(O)OP(=O)(O)CP(=O)(O)OP(=O)(O)OCC1O[C@@H](n2cnc3c(N)ncnc32)[C@H](OC)[C@@H]1P(=O)([O-])OC[C@H]1O[C@@H](n2cnc3c(=O)[nH]c(N)nc32)[C@H](O)[C@@H]1O. The largest absolute Gasteiger partial charge is 0.778 e. The second-order valence-corrected chi connectivity index (χ2v) is 27.7. The van der Waals surface area contributed by atoms with E-state index in [1.165, 1.54) is 29.6 Å². The minimum Gasteiger partial charge on any atom is -0.778 e. The van der Waals surface area contributed by atoms with Gasteiger partial charge in [-0.3, -0.25) is 51.4 Å². The summed E-state index contributed by atoms with van der Waals surface area (Å²) < 4.78 is 124. The van der Waals surface area contributed by atoms with Gasteiger partial charge in [0.05, 0.1) is 57.4 Å². The van der Waals surface area contributed by atoms with Crippen LogP contribution in [-0.2, 0) is 75.7 Å². The molecule has 17 atom stereocenters. The lowest BCUT2D eigenvalue weighted by atomic mass is 9.95. The fourth-order valence-electron chi connectivity index (χ4n) is 9.50. The molecule has 3 aliphatic heterocycles. The molecule has 0 spiro atoms. The number of phosphoric ester groups is 2. The summed E-state index contributed by atoms with van der Waals surface area (Å²) in [7, 11) is -25.4. The molecule has 446 valence electrons. The van der Waals surface area contributed by atoms with Crippen LogP contribution in [-0.4, -0.2) is 183 Å². The number of rotatable bonds is 23. The summed E-state index contributed by atoms with van der Waals surface area (Å²) >= 11 is 0. The molecule has 0 aliphatic carbocycles. The van der Waals surface area contributed by atoms with E-state index < -0.39 is 148 Å². The maximum Gasteiger partial charge on any atom is 0.479 e. The number of fused-ring (bicyclic) bond motifs is 3. The average Bonchev–Trinajstić information content (AvgIpc) is 4.31. The molecule has 3 fully saturated rings. The van der Waals surface area contributed by atoms with E-state index in [9.17, 15) is 72.2 Å². The zero-order valence-electron chi connectivity index (χ0n) is 41.9. The molecule has 9 heterocycles. The Kier molecular flexibility index (Phi) is 17.2. The number of nitrogens with two attached hydrogens (primary N) is 3. The summed E-state index contributed by atoms with van der Waals surface area (Å²) in [6.07, 6.45) is -11.7. The van der Waals surface area contributed by atoms with Gasteiger partial charge in [0.15, 0.2) is 47.3 Å². The predicted octanol–water partition coefficient (Wildman–Crippen LogP) is -3.75. The number of nitrogens with one attached hydrogen (secondary N) is 2. The summed E-state index contributed by atoms with van der Waals surface area (Å²) in [5, 5.41) is 33.3. The molecule has 15 N–H and O–H groups in total. The number of imidazole rings is 3. The van der Waals surface area contributed by atoms with Crippen LogP contribution in [0.4, 0.5) is 17.7 Å². The van der Waals surface area contributed by atoms with Gasteiger partial charge in [0.1, 0.15) is 50.0 Å². The van der Waals surface area contributed by atoms with Gasteiger partial charge in [-0.1, -0.05) is 4.98 Å². The molecule has 81 heavy (non-hydrogen) atoms. The molecule has 0 bridgehead atoms. The Hall–Kier alpha value is -4.92. The normalized spacial score (nSPS) is 29.9. The van der Waals surface area contributed by atoms with E-state index in [4.69, 9.17) is 54.5 Å². The summed E-state index contributed by atoms with van der Waals surface area (Å²) in [6, 6.07) is 0. The number of hydrogen-bond donors (Lipinski definition) is 12. The zero-order chi connectivity index (χ0) is 58.9. The van der Waals surface area contributed by atoms with Gasteiger partial charge in [-0.05, 0) is 6.42 Å². The Morgan fingerprint density at radius 2 is 1.32 bits per heavy atom. The molecule has 45 heteroatoms. The van der Waals surface area contributed by atoms with Crippen LogP contribution in [0.1, 0.15) is 25.1 Å². The minimum atomic E-state index is -6.02. The van der Waals surface area contributed by atoms with Gasteiger partial charge in [0.2, 0.25) is 17.7 Å². The number of aliphatic hydroxyl groups is 3. The monoisotopic (exact) mass is 1250 g/mol. The molecular formula is C36H52N15O25P5. The quantitative estimate of drug-likeness (QED) is 0.0217. The fourth-order valence-corrected chi connectivity index (χ4v) is 18.0. The van der Waals surface area contributed by atoms with Gasteiger partial charge in [0.25, 0.3) is 17.1 Å². The number of H-pyrrole nitrogens is 2. The molecule has 9 rings (SSSR count). The lowest BCUT2D eigenvalue weighted by Crippen LogP contribution is -2.45. The molecule has 3 saturated heterocycles. The van der Waals surface area contributed by atoms with Crippen LogP contribution in [0.15, 0.2) is 34.9 Å². The van der Waals surface area contributed by atoms with Gasteiger partial charge >= 0.3 is 36.5 Å². The summed E-state index contributed by atoms with van der Waals surface area (Å²) in [5.74, 6) is -3.86. The maximum atomic E-state index is 14.3. The highest BCUT2D eigenvalue weighted by Crippen LogP contribution is 2.70. The van der Waals surface area contributed by atoms with E-state index in [0.29, 0.717) is 0 Å². The van der Waals surface area contributed by atoms with Crippen molar-refractivity contribution in [2.24, 2.45) is 13.0 Å². The Labute approximate surface area is 451 Å². The Morgan fingerprint density at radius 1 is 0.728 bits per heavy atom. The highest BCUT2D eigenvalue weighted by atomic mass is 31.3. The molecule has 6 aromatic rings. The standard InChI is InChI=1S/C36H52N15O25P5/c1-48-12-51(29-20(48)31(56)47-36(39)45-29)32-21(52)14(4-5-67-2)15(72-32)6-70-80(63,64)75-77(57,58)13-78(59,60)76-81(65,66)71-8-17-25(24(68-3)34(74-17)49-10-42-18-26(37)40-9-41-27(18)49)79(61,62)69-7-16-22(53)23(54)33(73-16)50-11-43-19-28(50)44-35(38)46-30(19)55/h9-12,14-17,21-25,32-34,52-54H,4-8,13H2,1-3H3,(H12-,37,38,39,40,41,44,45,46,47,55,56,57,58,59,60,61,62,63,64,65,66)/t14-,15-,16-,17?,21-,22-,23-,24-,25-,32-,33-,34-/m1/s1. The van der Waals surface area contributed by atoms with E-state index in [-0.39, 0.29) is 64.2 Å². The van der Waals surface area contributed by atoms with Crippen molar-refractivity contribution in [3.05, 3.63) is 46.0 Å². The third kappa shape index (κ3) is 12.5. The number of aryl methyl sites for hydroxylation is 1. The number of phosphoric acid groups is 2. The Bertz CT molecular complexity index is 3710. The van der Waals surface area contributed by atoms with Gasteiger partial charge in [0, 0.05) is 26.7 Å². The topological polar surface area (TPSA) is 582 Å². The molecule has 0 saturated carbocycles. The van der Waals surface area contributed by atoms with Crippen LogP contribution in [0.25, 0.3) is 33.5 Å². The lowest BCUT2D eigenvalue weighted by molar-refractivity contribution is -0.745. The highest BCUT2D eigenvalue weighted by Gasteiger charge is 2.55. The third-order valence-electron chi connectivity index (χ3n) is 13.0. The number of nitrogen functional groups attached to an aromatic ring is 3. The molecule has 0 radical (unpaired) electrons. The van der Waals surface area contributed by atoms with Gasteiger partial charge in [-0.15, -0.1) is 0 Å². The van der Waals surface area contributed by atoms with Gasteiger partial charge in [-0.2, -0.15) is 4.98 Å². The summed E-state index contributed by atoms with van der Waals surface area (Å²) in [6.45, 7) is -3.35. The van der Waals surface area contributed by atoms with Crippen LogP contribution in [0.2, 0.25) is 0 Å². The highest BCUT2D eigenvalue weighted by molar-refractivity contribution is 7.76. The molecule has 0 aromatic carbocycles. The van der Waals surface area contributed by atoms with Crippen molar-refractivity contribution in [1.29, 1.82) is 0 Å². The second-order valence-electron chi connectivity index (χ2n) is 18.4. The number of aromatic amines is 2. The van der Waals surface area contributed by atoms with Gasteiger partial charge in [-0.25, -0.2) is 42.3 Å². The van der Waals surface area contributed by atoms with Crippen molar-refractivity contribution in [2.75, 3.05) is 63.8 Å². The smallest absolute Gasteiger partial charge is 0.479 e. The first-order chi connectivity index (χ1) is 37.9. The molecule has 3 aliphatic rings. The molecule has 6 unspecified atom stereocenters. The Balaban J connectivity index is 0.870. The predicted molar refractivity (Wildman–Crippen MR) is 264 cm³/mol. The second kappa shape index (κ2) is 22.9. The van der Waals surface area contributed by atoms with Crippen LogP contribution in [0.5, 0.6) is 0 Å². The fraction of sp³-hybridized carbons (Fsp3) is 0.583. The average molecular weight is 1250 g/mol. The molecule has 0 amide bonds. The minimum absolute atomic E-state index is 0.00746. The first-order valence-corrected chi connectivity index (χ1v) is 31.5. The van der Waals surface area contributed by atoms with E-state index in [1.807, 2.05) is 0 Å². The molecular weight excluding hydrogens is 1200 g/mol. The van der Waals surface area contributed by atoms with Crippen molar-refractivity contribution >= 4 is 89.6 Å². The number of aliphatic hydroxyl groups excluding tert-OH is 3. The van der Waals surface area contributed by atoms with Crippen molar-refractivity contribution in [1.82, 2.24) is 53.6 Å². The Morgan fingerprint density at radius 3 is 1.98 bits per heavy atom. The van der Waals surface area contributed by atoms with E-state index in [2.05, 4.69) is 48.5 Å². The first kappa shape index (κ1) is 60.7. The third-order valence-corrected chi connectivity index (χ3v) is 22.3. The first-order valence-electron chi connectivity index (χ1n) is 23.3. The van der Waals surface area contributed by atoms with E-state index >= 15 is 0 Å². The van der Waals surface area contributed by atoms with Gasteiger partial charge < -0.3 is 89.8 Å². The van der Waals surface area contributed by atoms with Crippen LogP contribution in [0, 0.1) is 5.92 Å². The summed E-state index contributed by atoms with van der Waals surface area (Å²) in [5.41, 5.74) is 13.4.